The highest BCUT2D eigenvalue weighted by Crippen LogP contribution is 2.43. The van der Waals surface area contributed by atoms with Crippen LogP contribution in [0.5, 0.6) is 0 Å². The molecule has 198 valence electrons. The number of carbonyl (C=O) groups excluding carboxylic acids is 1. The number of hydrogen-bond acceptors (Lipinski definition) is 8. The van der Waals surface area contributed by atoms with Gasteiger partial charge < -0.3 is 24.4 Å². The van der Waals surface area contributed by atoms with Crippen molar-refractivity contribution < 1.29 is 19.0 Å². The second kappa shape index (κ2) is 9.33. The maximum atomic E-state index is 13.2. The van der Waals surface area contributed by atoms with E-state index >= 15 is 0 Å². The summed E-state index contributed by atoms with van der Waals surface area (Å²) >= 11 is 0. The third-order valence-electron chi connectivity index (χ3n) is 7.72. The first-order valence-electron chi connectivity index (χ1n) is 13.0. The summed E-state index contributed by atoms with van der Waals surface area (Å²) in [4.78, 5) is 32.8. The Labute approximate surface area is 211 Å². The molecule has 0 saturated carbocycles. The second-order valence-corrected chi connectivity index (χ2v) is 11.4. The van der Waals surface area contributed by atoms with Crippen LogP contribution in [0.2, 0.25) is 0 Å². The van der Waals surface area contributed by atoms with Crippen molar-refractivity contribution in [3.63, 3.8) is 0 Å². The van der Waals surface area contributed by atoms with E-state index in [4.69, 9.17) is 19.2 Å². The first-order chi connectivity index (χ1) is 17.1. The molecule has 1 spiro atoms. The van der Waals surface area contributed by atoms with Crippen LogP contribution in [-0.4, -0.2) is 69.5 Å². The number of hydrogen-bond donors (Lipinski definition) is 1. The van der Waals surface area contributed by atoms with Gasteiger partial charge in [0.15, 0.2) is 11.9 Å². The molecule has 36 heavy (non-hydrogen) atoms. The lowest BCUT2D eigenvalue weighted by molar-refractivity contribution is -0.0370. The molecule has 3 saturated heterocycles. The van der Waals surface area contributed by atoms with E-state index in [9.17, 15) is 9.59 Å². The van der Waals surface area contributed by atoms with Crippen molar-refractivity contribution >= 4 is 23.1 Å². The first kappa shape index (κ1) is 25.0. The number of ether oxygens (including phenoxy) is 3. The topological polar surface area (TPSA) is 113 Å². The predicted molar refractivity (Wildman–Crippen MR) is 134 cm³/mol. The summed E-state index contributed by atoms with van der Waals surface area (Å²) in [6.07, 6.45) is 5.46. The van der Waals surface area contributed by atoms with Crippen LogP contribution in [0, 0.1) is 5.41 Å². The summed E-state index contributed by atoms with van der Waals surface area (Å²) in [6, 6.07) is -0.140. The minimum Gasteiger partial charge on any atom is -0.444 e. The molecule has 2 aromatic heterocycles. The van der Waals surface area contributed by atoms with Crippen LogP contribution < -0.4 is 15.8 Å². The molecule has 0 aromatic carbocycles. The van der Waals surface area contributed by atoms with E-state index in [1.165, 1.54) is 0 Å². The Morgan fingerprint density at radius 3 is 2.64 bits per heavy atom. The number of amides is 1. The van der Waals surface area contributed by atoms with E-state index in [1.54, 1.807) is 22.5 Å². The number of alkyl carbamates (subject to hydrolysis) is 1. The molecule has 0 aliphatic carbocycles. The molecule has 11 nitrogen and oxygen atoms in total. The third kappa shape index (κ3) is 4.58. The van der Waals surface area contributed by atoms with Gasteiger partial charge in [-0.15, -0.1) is 0 Å². The highest BCUT2D eigenvalue weighted by Gasteiger charge is 2.50. The highest BCUT2D eigenvalue weighted by atomic mass is 16.6. The fourth-order valence-electron chi connectivity index (χ4n) is 5.76. The monoisotopic (exact) mass is 502 g/mol. The minimum absolute atomic E-state index is 0.104. The number of piperidine rings is 1. The quantitative estimate of drug-likeness (QED) is 0.682. The van der Waals surface area contributed by atoms with Gasteiger partial charge in [0.25, 0.3) is 5.56 Å². The predicted octanol–water partition coefficient (Wildman–Crippen LogP) is 2.73. The standard InChI is InChI=1S/C25H38N6O5/c1-16-19(27-23(33)36-24(2,3)4)25(15-35-16)9-11-30(12-10-25)22-28-20-17(21(32)29(22)5)14-26-31(20)18-8-6-7-13-34-18/h14,16,18-19H,6-13,15H2,1-5H3,(H,27,33)/t16-,18?,19+/m0/s1. The molecule has 0 radical (unpaired) electrons. The van der Waals surface area contributed by atoms with Crippen molar-refractivity contribution in [1.29, 1.82) is 0 Å². The number of nitrogens with one attached hydrogen (secondary N) is 1. The summed E-state index contributed by atoms with van der Waals surface area (Å²) in [5, 5.41) is 8.05. The van der Waals surface area contributed by atoms with Gasteiger partial charge in [0.2, 0.25) is 5.95 Å². The molecule has 3 fully saturated rings. The zero-order valence-electron chi connectivity index (χ0n) is 22.0. The van der Waals surface area contributed by atoms with Gasteiger partial charge in [-0.3, -0.25) is 9.36 Å². The number of aromatic nitrogens is 4. The summed E-state index contributed by atoms with van der Waals surface area (Å²) in [5.41, 5.74) is -0.289. The number of nitrogens with zero attached hydrogens (tertiary/aromatic N) is 5. The fraction of sp³-hybridized carbons (Fsp3) is 0.760. The van der Waals surface area contributed by atoms with E-state index < -0.39 is 11.7 Å². The van der Waals surface area contributed by atoms with Gasteiger partial charge in [-0.05, 0) is 59.8 Å². The Morgan fingerprint density at radius 2 is 1.97 bits per heavy atom. The van der Waals surface area contributed by atoms with Crippen LogP contribution in [0.1, 0.15) is 66.0 Å². The molecule has 2 aromatic rings. The van der Waals surface area contributed by atoms with E-state index in [2.05, 4.69) is 15.3 Å². The Bertz CT molecular complexity index is 1170. The Kier molecular flexibility index (Phi) is 6.48. The van der Waals surface area contributed by atoms with Crippen molar-refractivity contribution in [3.8, 4) is 0 Å². The number of rotatable bonds is 3. The molecule has 5 heterocycles. The van der Waals surface area contributed by atoms with Gasteiger partial charge in [-0.2, -0.15) is 10.1 Å². The summed E-state index contributed by atoms with van der Waals surface area (Å²) in [6.45, 7) is 10.2. The van der Waals surface area contributed by atoms with Crippen molar-refractivity contribution in [2.75, 3.05) is 31.2 Å². The minimum atomic E-state index is -0.562. The van der Waals surface area contributed by atoms with Gasteiger partial charge in [0.1, 0.15) is 11.0 Å². The smallest absolute Gasteiger partial charge is 0.407 e. The maximum Gasteiger partial charge on any atom is 0.407 e. The normalized spacial score (nSPS) is 26.5. The van der Waals surface area contributed by atoms with Crippen LogP contribution in [0.4, 0.5) is 10.7 Å². The lowest BCUT2D eigenvalue weighted by atomic mass is 9.73. The third-order valence-corrected chi connectivity index (χ3v) is 7.72. The van der Waals surface area contributed by atoms with E-state index in [1.807, 2.05) is 27.7 Å². The van der Waals surface area contributed by atoms with Crippen molar-refractivity contribution in [2.45, 2.75) is 83.8 Å². The number of carbonyl (C=O) groups is 1. The lowest BCUT2D eigenvalue weighted by Gasteiger charge is -2.43. The molecule has 1 amide bonds. The van der Waals surface area contributed by atoms with Gasteiger partial charge in [-0.1, -0.05) is 0 Å². The Morgan fingerprint density at radius 1 is 1.22 bits per heavy atom. The molecule has 5 rings (SSSR count). The van der Waals surface area contributed by atoms with Crippen LogP contribution in [0.3, 0.4) is 0 Å². The Hall–Kier alpha value is -2.66. The first-order valence-corrected chi connectivity index (χ1v) is 13.0. The lowest BCUT2D eigenvalue weighted by Crippen LogP contribution is -2.55. The molecule has 3 aliphatic rings. The molecule has 1 N–H and O–H groups in total. The average molecular weight is 503 g/mol. The molecule has 3 aliphatic heterocycles. The largest absolute Gasteiger partial charge is 0.444 e. The molecular formula is C25H38N6O5. The molecular weight excluding hydrogens is 464 g/mol. The molecule has 0 bridgehead atoms. The summed E-state index contributed by atoms with van der Waals surface area (Å²) < 4.78 is 20.8. The zero-order valence-corrected chi connectivity index (χ0v) is 22.0. The van der Waals surface area contributed by atoms with E-state index in [0.717, 1.165) is 32.1 Å². The molecule has 11 heteroatoms. The summed E-state index contributed by atoms with van der Waals surface area (Å²) in [5.74, 6) is 0.628. The van der Waals surface area contributed by atoms with Crippen LogP contribution in [0.15, 0.2) is 11.0 Å². The Balaban J connectivity index is 1.36. The van der Waals surface area contributed by atoms with Gasteiger partial charge in [0, 0.05) is 32.2 Å². The van der Waals surface area contributed by atoms with Crippen LogP contribution in [-0.2, 0) is 21.3 Å². The maximum absolute atomic E-state index is 13.2. The molecule has 3 atom stereocenters. The highest BCUT2D eigenvalue weighted by molar-refractivity contribution is 5.75. The zero-order chi connectivity index (χ0) is 25.7. The van der Waals surface area contributed by atoms with Crippen molar-refractivity contribution in [1.82, 2.24) is 24.6 Å². The second-order valence-electron chi connectivity index (χ2n) is 11.4. The average Bonchev–Trinajstić information content (AvgIpc) is 3.39. The van der Waals surface area contributed by atoms with Crippen LogP contribution in [0.25, 0.3) is 11.0 Å². The van der Waals surface area contributed by atoms with Gasteiger partial charge in [0.05, 0.1) is 24.9 Å². The SMILES string of the molecule is C[C@@H]1OCC2(CCN(c3nc4c(cnn4C4CCCCO4)c(=O)n3C)CC2)[C@@H]1NC(=O)OC(C)(C)C. The number of fused-ring (bicyclic) bond motifs is 1. The van der Waals surface area contributed by atoms with Gasteiger partial charge in [-0.25, -0.2) is 9.48 Å². The van der Waals surface area contributed by atoms with E-state index in [0.29, 0.717) is 43.3 Å². The molecule has 1 unspecified atom stereocenters. The van der Waals surface area contributed by atoms with Crippen molar-refractivity contribution in [3.05, 3.63) is 16.6 Å². The van der Waals surface area contributed by atoms with Crippen molar-refractivity contribution in [2.24, 2.45) is 12.5 Å². The van der Waals surface area contributed by atoms with E-state index in [-0.39, 0.29) is 29.3 Å². The fourth-order valence-corrected chi connectivity index (χ4v) is 5.76. The van der Waals surface area contributed by atoms with Gasteiger partial charge >= 0.3 is 6.09 Å². The number of anilines is 1. The van der Waals surface area contributed by atoms with Crippen LogP contribution >= 0.6 is 0 Å². The summed E-state index contributed by atoms with van der Waals surface area (Å²) in [7, 11) is 1.76.